The number of rotatable bonds is 6. The highest BCUT2D eigenvalue weighted by Gasteiger charge is 2.02. The lowest BCUT2D eigenvalue weighted by molar-refractivity contribution is 0.311. The van der Waals surface area contributed by atoms with E-state index in [0.717, 1.165) is 29.3 Å². The summed E-state index contributed by atoms with van der Waals surface area (Å²) in [6, 6.07) is 14.5. The number of thiazole rings is 1. The van der Waals surface area contributed by atoms with Gasteiger partial charge in [-0.2, -0.15) is 0 Å². The minimum atomic E-state index is 0.490. The van der Waals surface area contributed by atoms with Crippen LogP contribution in [0.4, 0.5) is 0 Å². The van der Waals surface area contributed by atoms with Crippen molar-refractivity contribution < 1.29 is 4.74 Å². The van der Waals surface area contributed by atoms with Crippen LogP contribution in [-0.2, 0) is 12.3 Å². The summed E-state index contributed by atoms with van der Waals surface area (Å²) in [6.45, 7) is 0.703. The molecule has 0 aliphatic carbocycles. The van der Waals surface area contributed by atoms with E-state index in [1.165, 1.54) is 10.8 Å². The molecule has 3 rings (SSSR count). The van der Waals surface area contributed by atoms with E-state index >= 15 is 0 Å². The van der Waals surface area contributed by atoms with Crippen molar-refractivity contribution in [3.8, 4) is 5.75 Å². The molecule has 0 unspecified atom stereocenters. The molecule has 108 valence electrons. The lowest BCUT2D eigenvalue weighted by Gasteiger charge is -2.06. The molecule has 0 saturated heterocycles. The second-order valence-electron chi connectivity index (χ2n) is 4.83. The van der Waals surface area contributed by atoms with E-state index in [1.807, 2.05) is 23.6 Å². The molecule has 0 saturated carbocycles. The van der Waals surface area contributed by atoms with Crippen molar-refractivity contribution >= 4 is 33.7 Å². The molecule has 0 spiro atoms. The van der Waals surface area contributed by atoms with Gasteiger partial charge < -0.3 is 4.74 Å². The van der Waals surface area contributed by atoms with E-state index in [2.05, 4.69) is 29.2 Å². The molecule has 2 aromatic carbocycles. The molecule has 0 aliphatic heterocycles. The van der Waals surface area contributed by atoms with Crippen LogP contribution in [0.2, 0.25) is 0 Å². The maximum absolute atomic E-state index is 5.82. The largest absolute Gasteiger partial charge is 0.494 e. The number of alkyl halides is 1. The van der Waals surface area contributed by atoms with Crippen molar-refractivity contribution in [2.45, 2.75) is 18.7 Å². The Bertz CT molecular complexity index is 725. The van der Waals surface area contributed by atoms with Crippen LogP contribution in [0.3, 0.4) is 0 Å². The molecule has 0 radical (unpaired) electrons. The zero-order chi connectivity index (χ0) is 14.5. The summed E-state index contributed by atoms with van der Waals surface area (Å²) >= 11 is 7.42. The standard InChI is InChI=1S/C17H16ClNOS/c18-11-15-12-21-17(19-15)6-3-9-20-16-8-7-13-4-1-2-5-14(13)10-16/h1-2,4-5,7-8,10,12H,3,6,9,11H2. The van der Waals surface area contributed by atoms with Crippen LogP contribution in [0.15, 0.2) is 47.8 Å². The lowest BCUT2D eigenvalue weighted by atomic mass is 10.1. The van der Waals surface area contributed by atoms with Crippen LogP contribution in [-0.4, -0.2) is 11.6 Å². The van der Waals surface area contributed by atoms with Crippen LogP contribution < -0.4 is 4.74 Å². The molecule has 0 atom stereocenters. The smallest absolute Gasteiger partial charge is 0.119 e. The molecule has 0 fully saturated rings. The summed E-state index contributed by atoms with van der Waals surface area (Å²) in [6.07, 6.45) is 1.90. The maximum atomic E-state index is 5.82. The summed E-state index contributed by atoms with van der Waals surface area (Å²) in [4.78, 5) is 4.45. The Kier molecular flexibility index (Phi) is 4.73. The highest BCUT2D eigenvalue weighted by Crippen LogP contribution is 2.21. The molecule has 1 aromatic heterocycles. The molecular formula is C17H16ClNOS. The van der Waals surface area contributed by atoms with Crippen LogP contribution in [0.25, 0.3) is 10.8 Å². The molecule has 2 nitrogen and oxygen atoms in total. The van der Waals surface area contributed by atoms with E-state index in [0.29, 0.717) is 12.5 Å². The molecule has 3 aromatic rings. The first-order valence-electron chi connectivity index (χ1n) is 6.96. The second kappa shape index (κ2) is 6.92. The van der Waals surface area contributed by atoms with Gasteiger partial charge in [0.25, 0.3) is 0 Å². The number of nitrogens with zero attached hydrogens (tertiary/aromatic N) is 1. The fraction of sp³-hybridized carbons (Fsp3) is 0.235. The number of ether oxygens (including phenoxy) is 1. The van der Waals surface area contributed by atoms with Gasteiger partial charge in [0.05, 0.1) is 23.2 Å². The molecule has 0 aliphatic rings. The lowest BCUT2D eigenvalue weighted by Crippen LogP contribution is -1.99. The SMILES string of the molecule is ClCc1csc(CCCOc2ccc3ccccc3c2)n1. The van der Waals surface area contributed by atoms with Crippen LogP contribution in [0, 0.1) is 0 Å². The van der Waals surface area contributed by atoms with Gasteiger partial charge in [-0.15, -0.1) is 22.9 Å². The zero-order valence-electron chi connectivity index (χ0n) is 11.6. The topological polar surface area (TPSA) is 22.1 Å². The van der Waals surface area contributed by atoms with Gasteiger partial charge in [0.2, 0.25) is 0 Å². The monoisotopic (exact) mass is 317 g/mol. The minimum absolute atomic E-state index is 0.490. The Morgan fingerprint density at radius 1 is 1.10 bits per heavy atom. The maximum Gasteiger partial charge on any atom is 0.119 e. The van der Waals surface area contributed by atoms with Crippen molar-refractivity contribution in [1.82, 2.24) is 4.98 Å². The predicted octanol–water partition coefficient (Wildman–Crippen LogP) is 5.05. The highest BCUT2D eigenvalue weighted by molar-refractivity contribution is 7.09. The third kappa shape index (κ3) is 3.74. The number of aromatic nitrogens is 1. The van der Waals surface area contributed by atoms with Crippen molar-refractivity contribution in [1.29, 1.82) is 0 Å². The van der Waals surface area contributed by atoms with Crippen molar-refractivity contribution in [2.24, 2.45) is 0 Å². The van der Waals surface area contributed by atoms with Crippen LogP contribution in [0.5, 0.6) is 5.75 Å². The number of fused-ring (bicyclic) bond motifs is 1. The number of benzene rings is 2. The summed E-state index contributed by atoms with van der Waals surface area (Å²) in [5.41, 5.74) is 0.965. The Hall–Kier alpha value is -1.58. The summed E-state index contributed by atoms with van der Waals surface area (Å²) in [7, 11) is 0. The normalized spacial score (nSPS) is 10.9. The third-order valence-electron chi connectivity index (χ3n) is 3.26. The molecular weight excluding hydrogens is 302 g/mol. The quantitative estimate of drug-likeness (QED) is 0.469. The molecule has 1 heterocycles. The van der Waals surface area contributed by atoms with Crippen LogP contribution >= 0.6 is 22.9 Å². The van der Waals surface area contributed by atoms with E-state index < -0.39 is 0 Å². The number of halogens is 1. The molecule has 0 N–H and O–H groups in total. The highest BCUT2D eigenvalue weighted by atomic mass is 35.5. The Morgan fingerprint density at radius 2 is 1.95 bits per heavy atom. The third-order valence-corrected chi connectivity index (χ3v) is 4.49. The first-order valence-corrected chi connectivity index (χ1v) is 8.37. The average molecular weight is 318 g/mol. The van der Waals surface area contributed by atoms with Crippen molar-refractivity contribution in [2.75, 3.05) is 6.61 Å². The fourth-order valence-electron chi connectivity index (χ4n) is 2.20. The van der Waals surface area contributed by atoms with E-state index in [4.69, 9.17) is 16.3 Å². The molecule has 0 amide bonds. The van der Waals surface area contributed by atoms with Gasteiger partial charge in [-0.1, -0.05) is 30.3 Å². The fourth-order valence-corrected chi connectivity index (χ4v) is 3.26. The van der Waals surface area contributed by atoms with Gasteiger partial charge in [0, 0.05) is 11.8 Å². The Morgan fingerprint density at radius 3 is 2.76 bits per heavy atom. The molecule has 0 bridgehead atoms. The first-order chi connectivity index (χ1) is 10.3. The van der Waals surface area contributed by atoms with Gasteiger partial charge in [-0.3, -0.25) is 0 Å². The number of aryl methyl sites for hydroxylation is 1. The van der Waals surface area contributed by atoms with Crippen molar-refractivity contribution in [3.63, 3.8) is 0 Å². The van der Waals surface area contributed by atoms with Crippen LogP contribution in [0.1, 0.15) is 17.1 Å². The molecule has 4 heteroatoms. The van der Waals surface area contributed by atoms with E-state index in [-0.39, 0.29) is 0 Å². The summed E-state index contributed by atoms with van der Waals surface area (Å²) < 4.78 is 5.82. The Labute approximate surface area is 133 Å². The zero-order valence-corrected chi connectivity index (χ0v) is 13.2. The van der Waals surface area contributed by atoms with Gasteiger partial charge >= 0.3 is 0 Å². The summed E-state index contributed by atoms with van der Waals surface area (Å²) in [5.74, 6) is 1.42. The van der Waals surface area contributed by atoms with Crippen molar-refractivity contribution in [3.05, 3.63) is 58.5 Å². The van der Waals surface area contributed by atoms with Gasteiger partial charge in [0.1, 0.15) is 5.75 Å². The van der Waals surface area contributed by atoms with E-state index in [9.17, 15) is 0 Å². The molecule has 21 heavy (non-hydrogen) atoms. The van der Waals surface area contributed by atoms with Gasteiger partial charge in [0.15, 0.2) is 0 Å². The van der Waals surface area contributed by atoms with Gasteiger partial charge in [-0.25, -0.2) is 4.98 Å². The van der Waals surface area contributed by atoms with E-state index in [1.54, 1.807) is 11.3 Å². The predicted molar refractivity (Wildman–Crippen MR) is 89.4 cm³/mol. The summed E-state index contributed by atoms with van der Waals surface area (Å²) in [5, 5.41) is 5.60. The minimum Gasteiger partial charge on any atom is -0.494 e. The number of hydrogen-bond donors (Lipinski definition) is 0. The average Bonchev–Trinajstić information content (AvgIpc) is 2.99. The Balaban J connectivity index is 1.52. The number of hydrogen-bond acceptors (Lipinski definition) is 3. The second-order valence-corrected chi connectivity index (χ2v) is 6.04. The first kappa shape index (κ1) is 14.4. The van der Waals surface area contributed by atoms with Gasteiger partial charge in [-0.05, 0) is 29.3 Å².